The van der Waals surface area contributed by atoms with Crippen LogP contribution in [0, 0.1) is 6.92 Å². The zero-order valence-electron chi connectivity index (χ0n) is 12.2. The highest BCUT2D eigenvalue weighted by molar-refractivity contribution is 5.49. The second-order valence-electron chi connectivity index (χ2n) is 5.30. The molecule has 0 amide bonds. The lowest BCUT2D eigenvalue weighted by Crippen LogP contribution is -2.08. The Balaban J connectivity index is 2.09. The highest BCUT2D eigenvalue weighted by atomic mass is 19.4. The van der Waals surface area contributed by atoms with Gasteiger partial charge >= 0.3 is 6.18 Å². The third-order valence-corrected chi connectivity index (χ3v) is 3.22. The van der Waals surface area contributed by atoms with Gasteiger partial charge in [-0.15, -0.1) is 0 Å². The fourth-order valence-corrected chi connectivity index (χ4v) is 1.99. The Morgan fingerprint density at radius 1 is 1.29 bits per heavy atom. The van der Waals surface area contributed by atoms with Crippen LogP contribution in [0.4, 0.5) is 18.9 Å². The van der Waals surface area contributed by atoms with Crippen LogP contribution in [0.3, 0.4) is 0 Å². The average molecular weight is 297 g/mol. The van der Waals surface area contributed by atoms with E-state index in [1.807, 2.05) is 24.7 Å². The SMILES string of the molecule is Cc1ccc(NCc2cnn(C(C)C)c2)cc1C(F)(F)F. The molecule has 6 heteroatoms. The van der Waals surface area contributed by atoms with Gasteiger partial charge in [0.05, 0.1) is 11.8 Å². The van der Waals surface area contributed by atoms with Gasteiger partial charge in [-0.25, -0.2) is 0 Å². The van der Waals surface area contributed by atoms with E-state index in [1.54, 1.807) is 12.3 Å². The first-order chi connectivity index (χ1) is 9.77. The molecule has 2 rings (SSSR count). The summed E-state index contributed by atoms with van der Waals surface area (Å²) in [4.78, 5) is 0. The molecule has 1 aromatic heterocycles. The van der Waals surface area contributed by atoms with E-state index in [2.05, 4.69) is 10.4 Å². The predicted octanol–water partition coefficient (Wildman–Crippen LogP) is 4.40. The third kappa shape index (κ3) is 3.77. The molecule has 1 aromatic carbocycles. The number of rotatable bonds is 4. The van der Waals surface area contributed by atoms with Crippen molar-refractivity contribution in [2.75, 3.05) is 5.32 Å². The van der Waals surface area contributed by atoms with Gasteiger partial charge in [-0.3, -0.25) is 4.68 Å². The molecule has 2 aromatic rings. The lowest BCUT2D eigenvalue weighted by Gasteiger charge is -2.13. The van der Waals surface area contributed by atoms with Gasteiger partial charge in [0.25, 0.3) is 0 Å². The minimum atomic E-state index is -4.33. The molecule has 0 spiro atoms. The lowest BCUT2D eigenvalue weighted by atomic mass is 10.1. The van der Waals surface area contributed by atoms with Crippen molar-refractivity contribution in [2.24, 2.45) is 0 Å². The Labute approximate surface area is 121 Å². The quantitative estimate of drug-likeness (QED) is 0.906. The number of halogens is 3. The molecule has 0 saturated carbocycles. The van der Waals surface area contributed by atoms with Gasteiger partial charge in [0.15, 0.2) is 0 Å². The number of hydrogen-bond donors (Lipinski definition) is 1. The Kier molecular flexibility index (Phi) is 4.25. The maximum Gasteiger partial charge on any atom is 0.416 e. The predicted molar refractivity (Wildman–Crippen MR) is 76.1 cm³/mol. The van der Waals surface area contributed by atoms with Crippen molar-refractivity contribution in [1.82, 2.24) is 9.78 Å². The molecule has 114 valence electrons. The van der Waals surface area contributed by atoms with Gasteiger partial charge < -0.3 is 5.32 Å². The Morgan fingerprint density at radius 2 is 2.00 bits per heavy atom. The van der Waals surface area contributed by atoms with Crippen molar-refractivity contribution >= 4 is 5.69 Å². The first-order valence-electron chi connectivity index (χ1n) is 6.72. The van der Waals surface area contributed by atoms with Crippen molar-refractivity contribution in [1.29, 1.82) is 0 Å². The highest BCUT2D eigenvalue weighted by Gasteiger charge is 2.32. The Hall–Kier alpha value is -1.98. The van der Waals surface area contributed by atoms with Gasteiger partial charge in [-0.05, 0) is 38.5 Å². The topological polar surface area (TPSA) is 29.9 Å². The van der Waals surface area contributed by atoms with Gasteiger partial charge in [0, 0.05) is 30.0 Å². The summed E-state index contributed by atoms with van der Waals surface area (Å²) in [6.07, 6.45) is -0.729. The van der Waals surface area contributed by atoms with Crippen molar-refractivity contribution in [3.8, 4) is 0 Å². The van der Waals surface area contributed by atoms with Crippen LogP contribution in [0.1, 0.15) is 36.6 Å². The summed E-state index contributed by atoms with van der Waals surface area (Å²) < 4.78 is 40.3. The van der Waals surface area contributed by atoms with Crippen LogP contribution < -0.4 is 5.32 Å². The number of hydrogen-bond acceptors (Lipinski definition) is 2. The lowest BCUT2D eigenvalue weighted by molar-refractivity contribution is -0.138. The molecule has 0 bridgehead atoms. The van der Waals surface area contributed by atoms with Gasteiger partial charge in [0.1, 0.15) is 0 Å². The Bertz CT molecular complexity index is 615. The highest BCUT2D eigenvalue weighted by Crippen LogP contribution is 2.33. The van der Waals surface area contributed by atoms with Crippen LogP contribution in [0.15, 0.2) is 30.6 Å². The molecule has 21 heavy (non-hydrogen) atoms. The number of anilines is 1. The van der Waals surface area contributed by atoms with Crippen LogP contribution in [0.5, 0.6) is 0 Å². The average Bonchev–Trinajstić information content (AvgIpc) is 2.85. The maximum absolute atomic E-state index is 12.8. The molecular weight excluding hydrogens is 279 g/mol. The summed E-state index contributed by atoms with van der Waals surface area (Å²) in [7, 11) is 0. The van der Waals surface area contributed by atoms with Crippen molar-refractivity contribution < 1.29 is 13.2 Å². The molecule has 0 saturated heterocycles. The molecule has 0 aliphatic rings. The van der Waals surface area contributed by atoms with E-state index in [-0.39, 0.29) is 11.6 Å². The van der Waals surface area contributed by atoms with E-state index < -0.39 is 11.7 Å². The van der Waals surface area contributed by atoms with E-state index in [4.69, 9.17) is 0 Å². The molecule has 1 heterocycles. The summed E-state index contributed by atoms with van der Waals surface area (Å²) in [6.45, 7) is 5.92. The van der Waals surface area contributed by atoms with E-state index in [9.17, 15) is 13.2 Å². The van der Waals surface area contributed by atoms with E-state index >= 15 is 0 Å². The zero-order valence-corrected chi connectivity index (χ0v) is 12.2. The molecule has 0 unspecified atom stereocenters. The minimum absolute atomic E-state index is 0.223. The molecule has 0 atom stereocenters. The summed E-state index contributed by atoms with van der Waals surface area (Å²) >= 11 is 0. The van der Waals surface area contributed by atoms with Gasteiger partial charge in [-0.1, -0.05) is 6.07 Å². The summed E-state index contributed by atoms with van der Waals surface area (Å²) in [5.41, 5.74) is 0.995. The molecule has 1 N–H and O–H groups in total. The number of alkyl halides is 3. The Morgan fingerprint density at radius 3 is 2.57 bits per heavy atom. The molecule has 0 aliphatic carbocycles. The number of nitrogens with zero attached hydrogens (tertiary/aromatic N) is 2. The maximum atomic E-state index is 12.8. The zero-order chi connectivity index (χ0) is 15.6. The number of aromatic nitrogens is 2. The fraction of sp³-hybridized carbons (Fsp3) is 0.400. The van der Waals surface area contributed by atoms with Crippen LogP contribution in [-0.2, 0) is 12.7 Å². The first kappa shape index (κ1) is 15.4. The third-order valence-electron chi connectivity index (χ3n) is 3.22. The molecule has 0 fully saturated rings. The minimum Gasteiger partial charge on any atom is -0.381 e. The monoisotopic (exact) mass is 297 g/mol. The standard InChI is InChI=1S/C15H18F3N3/c1-10(2)21-9-12(8-20-21)7-19-13-5-4-11(3)14(6-13)15(16,17)18/h4-6,8-10,19H,7H2,1-3H3. The molecule has 0 aliphatic heterocycles. The van der Waals surface area contributed by atoms with E-state index in [1.165, 1.54) is 13.0 Å². The van der Waals surface area contributed by atoms with Crippen LogP contribution >= 0.6 is 0 Å². The van der Waals surface area contributed by atoms with E-state index in [0.29, 0.717) is 12.2 Å². The van der Waals surface area contributed by atoms with Crippen LogP contribution in [0.25, 0.3) is 0 Å². The second kappa shape index (κ2) is 5.79. The van der Waals surface area contributed by atoms with Crippen LogP contribution in [0.2, 0.25) is 0 Å². The molecule has 0 radical (unpaired) electrons. The largest absolute Gasteiger partial charge is 0.416 e. The van der Waals surface area contributed by atoms with Crippen molar-refractivity contribution in [2.45, 2.75) is 39.5 Å². The summed E-state index contributed by atoms with van der Waals surface area (Å²) in [5, 5.41) is 7.20. The van der Waals surface area contributed by atoms with Crippen molar-refractivity contribution in [3.63, 3.8) is 0 Å². The fourth-order valence-electron chi connectivity index (χ4n) is 1.99. The summed E-state index contributed by atoms with van der Waals surface area (Å²) in [5.74, 6) is 0. The van der Waals surface area contributed by atoms with Crippen LogP contribution in [-0.4, -0.2) is 9.78 Å². The summed E-state index contributed by atoms with van der Waals surface area (Å²) in [6, 6.07) is 4.53. The normalized spacial score (nSPS) is 12.0. The number of benzene rings is 1. The molecule has 3 nitrogen and oxygen atoms in total. The van der Waals surface area contributed by atoms with Gasteiger partial charge in [0.2, 0.25) is 0 Å². The van der Waals surface area contributed by atoms with Gasteiger partial charge in [-0.2, -0.15) is 18.3 Å². The molecular formula is C15H18F3N3. The first-order valence-corrected chi connectivity index (χ1v) is 6.72. The smallest absolute Gasteiger partial charge is 0.381 e. The van der Waals surface area contributed by atoms with Crippen molar-refractivity contribution in [3.05, 3.63) is 47.3 Å². The van der Waals surface area contributed by atoms with E-state index in [0.717, 1.165) is 11.6 Å². The number of nitrogens with one attached hydrogen (secondary N) is 1. The second-order valence-corrected chi connectivity index (χ2v) is 5.30. The number of aryl methyl sites for hydroxylation is 1.